The van der Waals surface area contributed by atoms with Crippen LogP contribution in [0.5, 0.6) is 0 Å². The molecule has 0 aromatic heterocycles. The maximum Gasteiger partial charge on any atom is 0.342 e. The SMILES string of the molecule is CCOC(=O)C1=C(O)c2ccccc2C(=O)/C1=C\c1ccc(CC)cc1. The molecule has 0 saturated heterocycles. The largest absolute Gasteiger partial charge is 0.506 e. The van der Waals surface area contributed by atoms with Gasteiger partial charge in [0.2, 0.25) is 0 Å². The third-order valence-corrected chi connectivity index (χ3v) is 4.36. The fourth-order valence-corrected chi connectivity index (χ4v) is 2.97. The van der Waals surface area contributed by atoms with E-state index in [1.54, 1.807) is 37.3 Å². The highest BCUT2D eigenvalue weighted by atomic mass is 16.5. The van der Waals surface area contributed by atoms with Crippen LogP contribution in [0.3, 0.4) is 0 Å². The van der Waals surface area contributed by atoms with Crippen LogP contribution in [0, 0.1) is 0 Å². The maximum atomic E-state index is 13.0. The number of aliphatic hydroxyl groups is 1. The summed E-state index contributed by atoms with van der Waals surface area (Å²) in [5, 5.41) is 10.7. The van der Waals surface area contributed by atoms with Crippen LogP contribution in [0.25, 0.3) is 11.8 Å². The molecule has 26 heavy (non-hydrogen) atoms. The number of carbonyl (C=O) groups is 2. The Morgan fingerprint density at radius 1 is 1.04 bits per heavy atom. The first-order valence-corrected chi connectivity index (χ1v) is 8.62. The Labute approximate surface area is 152 Å². The number of hydrogen-bond acceptors (Lipinski definition) is 4. The molecule has 0 unspecified atom stereocenters. The second-order valence-corrected chi connectivity index (χ2v) is 5.97. The van der Waals surface area contributed by atoms with Gasteiger partial charge in [0.05, 0.1) is 6.61 Å². The van der Waals surface area contributed by atoms with Crippen LogP contribution in [-0.2, 0) is 16.0 Å². The average Bonchev–Trinajstić information content (AvgIpc) is 2.66. The number of ether oxygens (including phenoxy) is 1. The Hall–Kier alpha value is -3.14. The predicted octanol–water partition coefficient (Wildman–Crippen LogP) is 4.36. The zero-order valence-electron chi connectivity index (χ0n) is 14.8. The van der Waals surface area contributed by atoms with Crippen LogP contribution >= 0.6 is 0 Å². The molecule has 1 aliphatic rings. The van der Waals surface area contributed by atoms with Gasteiger partial charge in [-0.15, -0.1) is 0 Å². The minimum Gasteiger partial charge on any atom is -0.506 e. The highest BCUT2D eigenvalue weighted by molar-refractivity contribution is 6.26. The van der Waals surface area contributed by atoms with Crippen LogP contribution < -0.4 is 0 Å². The lowest BCUT2D eigenvalue weighted by atomic mass is 9.84. The Balaban J connectivity index is 2.17. The summed E-state index contributed by atoms with van der Waals surface area (Å²) >= 11 is 0. The summed E-state index contributed by atoms with van der Waals surface area (Å²) in [7, 11) is 0. The highest BCUT2D eigenvalue weighted by Crippen LogP contribution is 2.35. The minimum absolute atomic E-state index is 0.0879. The summed E-state index contributed by atoms with van der Waals surface area (Å²) in [5.74, 6) is -1.24. The van der Waals surface area contributed by atoms with Gasteiger partial charge in [0.1, 0.15) is 11.3 Å². The van der Waals surface area contributed by atoms with Crippen molar-refractivity contribution in [3.8, 4) is 0 Å². The van der Waals surface area contributed by atoms with Gasteiger partial charge in [0, 0.05) is 16.7 Å². The zero-order chi connectivity index (χ0) is 18.7. The Morgan fingerprint density at radius 2 is 1.69 bits per heavy atom. The summed E-state index contributed by atoms with van der Waals surface area (Å²) < 4.78 is 5.07. The number of esters is 1. The van der Waals surface area contributed by atoms with Gasteiger partial charge in [-0.1, -0.05) is 55.5 Å². The normalized spacial score (nSPS) is 15.2. The van der Waals surface area contributed by atoms with Gasteiger partial charge >= 0.3 is 5.97 Å². The van der Waals surface area contributed by atoms with E-state index in [0.29, 0.717) is 11.1 Å². The third-order valence-electron chi connectivity index (χ3n) is 4.36. The van der Waals surface area contributed by atoms with Gasteiger partial charge in [0.25, 0.3) is 0 Å². The van der Waals surface area contributed by atoms with Crippen molar-refractivity contribution in [1.29, 1.82) is 0 Å². The molecule has 0 fully saturated rings. The summed E-state index contributed by atoms with van der Waals surface area (Å²) in [6.45, 7) is 3.90. The molecule has 0 amide bonds. The van der Waals surface area contributed by atoms with Crippen LogP contribution in [-0.4, -0.2) is 23.5 Å². The number of fused-ring (bicyclic) bond motifs is 1. The number of hydrogen-bond donors (Lipinski definition) is 1. The zero-order valence-corrected chi connectivity index (χ0v) is 14.8. The molecule has 0 spiro atoms. The molecule has 4 nitrogen and oxygen atoms in total. The minimum atomic E-state index is -0.704. The first kappa shape index (κ1) is 17.7. The standard InChI is InChI=1S/C22H20O4/c1-3-14-9-11-15(12-10-14)13-18-19(22(25)26-4-2)21(24)17-8-6-5-7-16(17)20(18)23/h5-13,24H,3-4H2,1-2H3/b18-13-. The number of aliphatic hydroxyl groups excluding tert-OH is 1. The number of rotatable bonds is 4. The lowest BCUT2D eigenvalue weighted by molar-refractivity contribution is -0.138. The molecule has 0 aliphatic heterocycles. The van der Waals surface area contributed by atoms with Crippen molar-refractivity contribution in [3.05, 3.63) is 81.9 Å². The topological polar surface area (TPSA) is 63.6 Å². The second kappa shape index (κ2) is 7.40. The highest BCUT2D eigenvalue weighted by Gasteiger charge is 2.34. The molecule has 0 bridgehead atoms. The van der Waals surface area contributed by atoms with Crippen molar-refractivity contribution in [1.82, 2.24) is 0 Å². The molecule has 132 valence electrons. The van der Waals surface area contributed by atoms with Crippen molar-refractivity contribution < 1.29 is 19.4 Å². The molecule has 0 atom stereocenters. The molecule has 3 rings (SSSR count). The predicted molar refractivity (Wildman–Crippen MR) is 101 cm³/mol. The van der Waals surface area contributed by atoms with E-state index < -0.39 is 5.97 Å². The molecule has 1 aliphatic carbocycles. The van der Waals surface area contributed by atoms with Crippen molar-refractivity contribution in [2.75, 3.05) is 6.61 Å². The van der Waals surface area contributed by atoms with E-state index in [0.717, 1.165) is 12.0 Å². The molecule has 4 heteroatoms. The van der Waals surface area contributed by atoms with Crippen molar-refractivity contribution in [3.63, 3.8) is 0 Å². The van der Waals surface area contributed by atoms with E-state index in [1.807, 2.05) is 24.3 Å². The Morgan fingerprint density at radius 3 is 2.31 bits per heavy atom. The fraction of sp³-hybridized carbons (Fsp3) is 0.182. The number of Topliss-reactive ketones (excluding diaryl/α,β-unsaturated/α-hetero) is 1. The molecule has 2 aromatic carbocycles. The Bertz CT molecular complexity index is 917. The average molecular weight is 348 g/mol. The molecule has 2 aromatic rings. The molecule has 1 N–H and O–H groups in total. The second-order valence-electron chi connectivity index (χ2n) is 5.97. The van der Waals surface area contributed by atoms with Gasteiger partial charge in [0.15, 0.2) is 5.78 Å². The fourth-order valence-electron chi connectivity index (χ4n) is 2.97. The summed E-state index contributed by atoms with van der Waals surface area (Å²) in [6, 6.07) is 14.4. The molecule has 0 saturated carbocycles. The van der Waals surface area contributed by atoms with E-state index in [2.05, 4.69) is 6.92 Å². The van der Waals surface area contributed by atoms with Crippen molar-refractivity contribution in [2.24, 2.45) is 0 Å². The Kier molecular flexibility index (Phi) is 5.03. The molecular formula is C22H20O4. The summed E-state index contributed by atoms with van der Waals surface area (Å²) in [4.78, 5) is 25.4. The van der Waals surface area contributed by atoms with Crippen molar-refractivity contribution >= 4 is 23.6 Å². The number of aryl methyl sites for hydroxylation is 1. The lowest BCUT2D eigenvalue weighted by Crippen LogP contribution is -2.22. The molecular weight excluding hydrogens is 328 g/mol. The van der Waals surface area contributed by atoms with E-state index >= 15 is 0 Å². The van der Waals surface area contributed by atoms with Gasteiger partial charge in [-0.3, -0.25) is 4.79 Å². The summed E-state index contributed by atoms with van der Waals surface area (Å²) in [6.07, 6.45) is 2.54. The smallest absolute Gasteiger partial charge is 0.342 e. The maximum absolute atomic E-state index is 13.0. The van der Waals surface area contributed by atoms with Gasteiger partial charge in [-0.2, -0.15) is 0 Å². The molecule has 0 radical (unpaired) electrons. The number of carbonyl (C=O) groups excluding carboxylic acids is 2. The quantitative estimate of drug-likeness (QED) is 0.659. The van der Waals surface area contributed by atoms with E-state index in [4.69, 9.17) is 4.74 Å². The van der Waals surface area contributed by atoms with E-state index in [9.17, 15) is 14.7 Å². The number of ketones is 1. The van der Waals surface area contributed by atoms with Crippen LogP contribution in [0.4, 0.5) is 0 Å². The first-order chi connectivity index (χ1) is 12.6. The molecule has 0 heterocycles. The van der Waals surface area contributed by atoms with Crippen LogP contribution in [0.15, 0.2) is 59.7 Å². The summed E-state index contributed by atoms with van der Waals surface area (Å²) in [5.41, 5.74) is 2.73. The van der Waals surface area contributed by atoms with Crippen molar-refractivity contribution in [2.45, 2.75) is 20.3 Å². The van der Waals surface area contributed by atoms with Gasteiger partial charge in [-0.05, 0) is 30.5 Å². The lowest BCUT2D eigenvalue weighted by Gasteiger charge is -2.20. The van der Waals surface area contributed by atoms with E-state index in [-0.39, 0.29) is 29.3 Å². The third kappa shape index (κ3) is 3.18. The van der Waals surface area contributed by atoms with Gasteiger partial charge in [-0.25, -0.2) is 4.79 Å². The first-order valence-electron chi connectivity index (χ1n) is 8.62. The van der Waals surface area contributed by atoms with E-state index in [1.165, 1.54) is 5.56 Å². The van der Waals surface area contributed by atoms with Crippen LogP contribution in [0.1, 0.15) is 40.9 Å². The van der Waals surface area contributed by atoms with Crippen LogP contribution in [0.2, 0.25) is 0 Å². The van der Waals surface area contributed by atoms with Gasteiger partial charge < -0.3 is 9.84 Å². The monoisotopic (exact) mass is 348 g/mol. The number of benzene rings is 2.